The number of hydrogen-bond acceptors (Lipinski definition) is 1. The first-order valence-electron chi connectivity index (χ1n) is 3.69. The molecule has 0 unspecified atom stereocenters. The SMILES string of the molecule is CO[Si](C)(C)c1[c]cccc1. The van der Waals surface area contributed by atoms with E-state index in [1.54, 1.807) is 7.11 Å². The minimum absolute atomic E-state index is 1.22. The van der Waals surface area contributed by atoms with E-state index in [0.29, 0.717) is 0 Å². The third kappa shape index (κ3) is 1.91. The molecular formula is C9H13OSi. The molecule has 0 amide bonds. The number of hydrogen-bond donors (Lipinski definition) is 0. The van der Waals surface area contributed by atoms with Gasteiger partial charge in [0.15, 0.2) is 0 Å². The van der Waals surface area contributed by atoms with Crippen LogP contribution in [-0.2, 0) is 4.43 Å². The van der Waals surface area contributed by atoms with E-state index in [4.69, 9.17) is 4.43 Å². The topological polar surface area (TPSA) is 9.23 Å². The van der Waals surface area contributed by atoms with Gasteiger partial charge in [-0.25, -0.2) is 0 Å². The van der Waals surface area contributed by atoms with Crippen LogP contribution >= 0.6 is 0 Å². The van der Waals surface area contributed by atoms with Gasteiger partial charge in [-0.2, -0.15) is 0 Å². The first kappa shape index (κ1) is 8.49. The zero-order valence-electron chi connectivity index (χ0n) is 7.22. The van der Waals surface area contributed by atoms with E-state index < -0.39 is 8.32 Å². The Morgan fingerprint density at radius 1 is 1.36 bits per heavy atom. The smallest absolute Gasteiger partial charge is 0.218 e. The van der Waals surface area contributed by atoms with Gasteiger partial charge in [0.2, 0.25) is 8.32 Å². The average Bonchev–Trinajstić information content (AvgIpc) is 2.06. The highest BCUT2D eigenvalue weighted by Crippen LogP contribution is 2.01. The van der Waals surface area contributed by atoms with Crippen molar-refractivity contribution in [1.82, 2.24) is 0 Å². The quantitative estimate of drug-likeness (QED) is 0.604. The van der Waals surface area contributed by atoms with E-state index in [2.05, 4.69) is 25.2 Å². The lowest BCUT2D eigenvalue weighted by molar-refractivity contribution is 0.416. The largest absolute Gasteiger partial charge is 0.416 e. The summed E-state index contributed by atoms with van der Waals surface area (Å²) in [6.07, 6.45) is 0. The Hall–Kier alpha value is -0.603. The van der Waals surface area contributed by atoms with Crippen molar-refractivity contribution < 1.29 is 4.43 Å². The molecule has 1 nitrogen and oxygen atoms in total. The number of rotatable bonds is 2. The Balaban J connectivity index is 2.93. The molecule has 0 aromatic heterocycles. The molecule has 0 spiro atoms. The van der Waals surface area contributed by atoms with Crippen molar-refractivity contribution in [3.8, 4) is 0 Å². The molecule has 11 heavy (non-hydrogen) atoms. The minimum Gasteiger partial charge on any atom is -0.416 e. The third-order valence-electron chi connectivity index (χ3n) is 1.87. The normalized spacial score (nSPS) is 11.5. The monoisotopic (exact) mass is 165 g/mol. The molecule has 2 heteroatoms. The van der Waals surface area contributed by atoms with E-state index in [0.717, 1.165) is 0 Å². The van der Waals surface area contributed by atoms with Gasteiger partial charge in [0, 0.05) is 7.11 Å². The second-order valence-corrected chi connectivity index (χ2v) is 6.96. The maximum atomic E-state index is 5.43. The Bertz CT molecular complexity index is 218. The molecule has 0 fully saturated rings. The first-order valence-corrected chi connectivity index (χ1v) is 6.60. The lowest BCUT2D eigenvalue weighted by atomic mass is 10.4. The molecule has 0 saturated heterocycles. The predicted octanol–water partition coefficient (Wildman–Crippen LogP) is 1.55. The maximum absolute atomic E-state index is 5.43. The van der Waals surface area contributed by atoms with Gasteiger partial charge in [0.1, 0.15) is 0 Å². The van der Waals surface area contributed by atoms with Crippen molar-refractivity contribution in [3.05, 3.63) is 30.3 Å². The third-order valence-corrected chi connectivity index (χ3v) is 4.50. The Morgan fingerprint density at radius 2 is 2.09 bits per heavy atom. The molecule has 0 bridgehead atoms. The molecule has 0 atom stereocenters. The summed E-state index contributed by atoms with van der Waals surface area (Å²) in [7, 11) is 0.162. The summed E-state index contributed by atoms with van der Waals surface area (Å²) in [5, 5.41) is 1.22. The molecule has 0 aliphatic rings. The van der Waals surface area contributed by atoms with E-state index in [-0.39, 0.29) is 0 Å². The first-order chi connectivity index (χ1) is 5.17. The molecule has 0 heterocycles. The summed E-state index contributed by atoms with van der Waals surface area (Å²) in [6, 6.07) is 11.2. The van der Waals surface area contributed by atoms with E-state index in [1.807, 2.05) is 18.2 Å². The molecule has 1 rings (SSSR count). The van der Waals surface area contributed by atoms with Crippen molar-refractivity contribution in [1.29, 1.82) is 0 Å². The zero-order valence-corrected chi connectivity index (χ0v) is 8.22. The van der Waals surface area contributed by atoms with Gasteiger partial charge >= 0.3 is 0 Å². The van der Waals surface area contributed by atoms with Gasteiger partial charge in [0.25, 0.3) is 0 Å². The second-order valence-electron chi connectivity index (χ2n) is 2.99. The molecule has 0 aliphatic carbocycles. The summed E-state index contributed by atoms with van der Waals surface area (Å²) in [4.78, 5) is 0. The summed E-state index contributed by atoms with van der Waals surface area (Å²) < 4.78 is 5.43. The van der Waals surface area contributed by atoms with Crippen LogP contribution in [-0.4, -0.2) is 15.4 Å². The Morgan fingerprint density at radius 3 is 2.55 bits per heavy atom. The number of benzene rings is 1. The van der Waals surface area contributed by atoms with Crippen LogP contribution in [0.25, 0.3) is 0 Å². The Labute approximate surface area is 69.1 Å². The molecular weight excluding hydrogens is 152 g/mol. The molecule has 1 aromatic rings. The Kier molecular flexibility index (Phi) is 2.47. The van der Waals surface area contributed by atoms with Crippen LogP contribution in [0.4, 0.5) is 0 Å². The molecule has 0 aliphatic heterocycles. The van der Waals surface area contributed by atoms with Crippen molar-refractivity contribution in [2.24, 2.45) is 0 Å². The van der Waals surface area contributed by atoms with Crippen LogP contribution in [0.2, 0.25) is 13.1 Å². The van der Waals surface area contributed by atoms with Crippen molar-refractivity contribution >= 4 is 13.5 Å². The minimum atomic E-state index is -1.61. The lowest BCUT2D eigenvalue weighted by Crippen LogP contribution is -2.43. The van der Waals surface area contributed by atoms with Gasteiger partial charge in [-0.3, -0.25) is 0 Å². The van der Waals surface area contributed by atoms with Crippen molar-refractivity contribution in [3.63, 3.8) is 0 Å². The van der Waals surface area contributed by atoms with Gasteiger partial charge in [-0.05, 0) is 24.3 Å². The van der Waals surface area contributed by atoms with E-state index in [1.165, 1.54) is 5.19 Å². The van der Waals surface area contributed by atoms with E-state index >= 15 is 0 Å². The summed E-state index contributed by atoms with van der Waals surface area (Å²) in [5.74, 6) is 0. The molecule has 0 N–H and O–H groups in total. The fourth-order valence-corrected chi connectivity index (χ4v) is 2.03. The van der Waals surface area contributed by atoms with Crippen molar-refractivity contribution in [2.45, 2.75) is 13.1 Å². The zero-order chi connectivity index (χ0) is 8.32. The van der Waals surface area contributed by atoms with Crippen molar-refractivity contribution in [2.75, 3.05) is 7.11 Å². The summed E-state index contributed by atoms with van der Waals surface area (Å²) in [5.41, 5.74) is 0. The predicted molar refractivity (Wildman–Crippen MR) is 49.4 cm³/mol. The van der Waals surface area contributed by atoms with Crippen LogP contribution in [0.3, 0.4) is 0 Å². The highest BCUT2D eigenvalue weighted by molar-refractivity contribution is 6.84. The fourth-order valence-electron chi connectivity index (χ4n) is 0.878. The van der Waals surface area contributed by atoms with Crippen LogP contribution in [0, 0.1) is 6.07 Å². The highest BCUT2D eigenvalue weighted by atomic mass is 28.4. The van der Waals surface area contributed by atoms with Gasteiger partial charge in [0.05, 0.1) is 0 Å². The van der Waals surface area contributed by atoms with Gasteiger partial charge < -0.3 is 4.43 Å². The van der Waals surface area contributed by atoms with E-state index in [9.17, 15) is 0 Å². The second kappa shape index (κ2) is 3.20. The van der Waals surface area contributed by atoms with Crippen LogP contribution in [0.1, 0.15) is 0 Å². The van der Waals surface area contributed by atoms with Crippen LogP contribution in [0.5, 0.6) is 0 Å². The average molecular weight is 165 g/mol. The standard InChI is InChI=1S/C9H13OSi/c1-10-11(2,3)9-7-5-4-6-8-9/h4-7H,1-3H3. The maximum Gasteiger partial charge on any atom is 0.218 e. The molecule has 59 valence electrons. The summed E-state index contributed by atoms with van der Waals surface area (Å²) >= 11 is 0. The highest BCUT2D eigenvalue weighted by Gasteiger charge is 2.22. The van der Waals surface area contributed by atoms with Gasteiger partial charge in [-0.1, -0.05) is 24.3 Å². The summed E-state index contributed by atoms with van der Waals surface area (Å²) in [6.45, 7) is 4.33. The van der Waals surface area contributed by atoms with Gasteiger partial charge in [-0.15, -0.1) is 0 Å². The lowest BCUT2D eigenvalue weighted by Gasteiger charge is -2.19. The molecule has 1 radical (unpaired) electrons. The van der Waals surface area contributed by atoms with Crippen LogP contribution in [0.15, 0.2) is 24.3 Å². The van der Waals surface area contributed by atoms with Crippen LogP contribution < -0.4 is 5.19 Å². The molecule has 1 aromatic carbocycles. The fraction of sp³-hybridized carbons (Fsp3) is 0.333. The molecule has 0 saturated carbocycles.